The van der Waals surface area contributed by atoms with Gasteiger partial charge in [-0.1, -0.05) is 18.2 Å². The smallest absolute Gasteiger partial charge is 0.315 e. The number of urea groups is 1. The van der Waals surface area contributed by atoms with Gasteiger partial charge in [-0.25, -0.2) is 10.3 Å². The van der Waals surface area contributed by atoms with Crippen molar-refractivity contribution < 1.29 is 24.4 Å². The lowest BCUT2D eigenvalue weighted by molar-refractivity contribution is -0.130. The Labute approximate surface area is 208 Å². The highest BCUT2D eigenvalue weighted by Gasteiger charge is 2.30. The number of rotatable bonds is 9. The number of benzene rings is 2. The van der Waals surface area contributed by atoms with E-state index < -0.39 is 24.1 Å². The molecule has 0 bridgehead atoms. The van der Waals surface area contributed by atoms with E-state index in [2.05, 4.69) is 21.1 Å². The van der Waals surface area contributed by atoms with E-state index in [0.29, 0.717) is 24.6 Å². The summed E-state index contributed by atoms with van der Waals surface area (Å²) >= 11 is 0. The van der Waals surface area contributed by atoms with Gasteiger partial charge in [0.15, 0.2) is 0 Å². The molecule has 0 spiro atoms. The standard InChI is InChI=1S/C26H29N5O5/c1-3-27-26(33)29-23(14-25(32)30-34)24-13-22(31-36-24)17-8-10-19(11-9-17)35-15-18-12-16(2)28-21-7-5-4-6-20(18)21/h4-13,23-24,31,34H,3,14-15H2,1-2H3,(H,30,32)(H2,27,29,33). The van der Waals surface area contributed by atoms with Gasteiger partial charge in [0.2, 0.25) is 5.91 Å². The van der Waals surface area contributed by atoms with Gasteiger partial charge in [-0.3, -0.25) is 25.3 Å². The molecule has 0 aliphatic carbocycles. The van der Waals surface area contributed by atoms with Crippen LogP contribution in [0, 0.1) is 6.92 Å². The number of para-hydroxylation sites is 1. The lowest BCUT2D eigenvalue weighted by Gasteiger charge is -2.21. The summed E-state index contributed by atoms with van der Waals surface area (Å²) in [6, 6.07) is 16.4. The van der Waals surface area contributed by atoms with Gasteiger partial charge in [0.25, 0.3) is 0 Å². The molecule has 188 valence electrons. The van der Waals surface area contributed by atoms with Crippen LogP contribution in [0.1, 0.15) is 30.2 Å². The number of ether oxygens (including phenoxy) is 1. The molecule has 10 nitrogen and oxygen atoms in total. The highest BCUT2D eigenvalue weighted by molar-refractivity contribution is 5.82. The average Bonchev–Trinajstić information content (AvgIpc) is 3.37. The molecule has 10 heteroatoms. The van der Waals surface area contributed by atoms with Crippen LogP contribution in [0.25, 0.3) is 16.6 Å². The summed E-state index contributed by atoms with van der Waals surface area (Å²) in [6.45, 7) is 4.60. The number of fused-ring (bicyclic) bond motifs is 1. The fourth-order valence-electron chi connectivity index (χ4n) is 4.00. The number of hydrogen-bond acceptors (Lipinski definition) is 7. The molecule has 2 atom stereocenters. The van der Waals surface area contributed by atoms with Crippen molar-refractivity contribution in [2.24, 2.45) is 0 Å². The number of hydrogen-bond donors (Lipinski definition) is 5. The Hall–Kier alpha value is -4.15. The molecule has 0 saturated heterocycles. The van der Waals surface area contributed by atoms with Crippen LogP contribution in [0.4, 0.5) is 4.79 Å². The molecule has 0 fully saturated rings. The lowest BCUT2D eigenvalue weighted by Crippen LogP contribution is -2.49. The number of amides is 3. The average molecular weight is 492 g/mol. The van der Waals surface area contributed by atoms with E-state index in [1.807, 2.05) is 61.5 Å². The van der Waals surface area contributed by atoms with E-state index in [9.17, 15) is 9.59 Å². The van der Waals surface area contributed by atoms with Crippen molar-refractivity contribution in [3.63, 3.8) is 0 Å². The second-order valence-electron chi connectivity index (χ2n) is 8.37. The van der Waals surface area contributed by atoms with Crippen molar-refractivity contribution in [1.29, 1.82) is 0 Å². The van der Waals surface area contributed by atoms with E-state index in [1.165, 1.54) is 0 Å². The molecule has 2 heterocycles. The molecular weight excluding hydrogens is 462 g/mol. The zero-order valence-corrected chi connectivity index (χ0v) is 20.1. The predicted molar refractivity (Wildman–Crippen MR) is 134 cm³/mol. The first kappa shape index (κ1) is 25.0. The van der Waals surface area contributed by atoms with E-state index in [-0.39, 0.29) is 6.42 Å². The summed E-state index contributed by atoms with van der Waals surface area (Å²) in [5.41, 5.74) is 8.92. The van der Waals surface area contributed by atoms with Crippen molar-refractivity contribution in [3.05, 3.63) is 77.5 Å². The SMILES string of the molecule is CCNC(=O)NC(CC(=O)NO)C1C=C(c2ccc(OCc3cc(C)nc4ccccc34)cc2)NO1. The van der Waals surface area contributed by atoms with Gasteiger partial charge >= 0.3 is 6.03 Å². The van der Waals surface area contributed by atoms with Crippen LogP contribution in [0.15, 0.2) is 60.7 Å². The largest absolute Gasteiger partial charge is 0.489 e. The minimum atomic E-state index is -0.699. The van der Waals surface area contributed by atoms with Gasteiger partial charge in [-0.05, 0) is 61.9 Å². The Morgan fingerprint density at radius 1 is 1.19 bits per heavy atom. The van der Waals surface area contributed by atoms with Gasteiger partial charge in [0, 0.05) is 23.2 Å². The zero-order valence-electron chi connectivity index (χ0n) is 20.1. The number of carbonyl (C=O) groups excluding carboxylic acids is 2. The molecule has 2 unspecified atom stereocenters. The van der Waals surface area contributed by atoms with Crippen LogP contribution in [0.2, 0.25) is 0 Å². The minimum absolute atomic E-state index is 0.167. The third-order valence-corrected chi connectivity index (χ3v) is 5.71. The lowest BCUT2D eigenvalue weighted by atomic mass is 10.0. The summed E-state index contributed by atoms with van der Waals surface area (Å²) in [5, 5.41) is 15.3. The van der Waals surface area contributed by atoms with Crippen molar-refractivity contribution in [2.45, 2.75) is 39.0 Å². The molecule has 36 heavy (non-hydrogen) atoms. The first-order chi connectivity index (χ1) is 17.5. The van der Waals surface area contributed by atoms with Gasteiger partial charge in [0.05, 0.1) is 23.7 Å². The van der Waals surface area contributed by atoms with Gasteiger partial charge in [-0.2, -0.15) is 0 Å². The zero-order chi connectivity index (χ0) is 25.5. The number of nitrogens with one attached hydrogen (secondary N) is 4. The summed E-state index contributed by atoms with van der Waals surface area (Å²) in [5.74, 6) is 0.0738. The highest BCUT2D eigenvalue weighted by atomic mass is 16.7. The second kappa shape index (κ2) is 11.5. The molecule has 3 amide bonds. The topological polar surface area (TPSA) is 134 Å². The molecule has 1 aliphatic rings. The van der Waals surface area contributed by atoms with E-state index in [4.69, 9.17) is 14.8 Å². The van der Waals surface area contributed by atoms with Crippen LogP contribution in [-0.2, 0) is 16.2 Å². The minimum Gasteiger partial charge on any atom is -0.489 e. The highest BCUT2D eigenvalue weighted by Crippen LogP contribution is 2.25. The Morgan fingerprint density at radius 3 is 2.72 bits per heavy atom. The molecule has 0 saturated carbocycles. The van der Waals surface area contributed by atoms with Crippen molar-refractivity contribution in [1.82, 2.24) is 26.6 Å². The van der Waals surface area contributed by atoms with Crippen LogP contribution < -0.4 is 26.3 Å². The van der Waals surface area contributed by atoms with Gasteiger partial charge in [0.1, 0.15) is 18.5 Å². The van der Waals surface area contributed by atoms with Gasteiger partial charge in [-0.15, -0.1) is 0 Å². The quantitative estimate of drug-likeness (QED) is 0.230. The van der Waals surface area contributed by atoms with Crippen LogP contribution in [0.5, 0.6) is 5.75 Å². The summed E-state index contributed by atoms with van der Waals surface area (Å²) < 4.78 is 6.03. The maximum Gasteiger partial charge on any atom is 0.315 e. The van der Waals surface area contributed by atoms with Crippen molar-refractivity contribution in [2.75, 3.05) is 6.54 Å². The second-order valence-corrected chi connectivity index (χ2v) is 8.37. The normalized spacial score (nSPS) is 15.5. The molecule has 2 aromatic carbocycles. The number of nitrogens with zero attached hydrogens (tertiary/aromatic N) is 1. The first-order valence-corrected chi connectivity index (χ1v) is 11.7. The number of aromatic nitrogens is 1. The van der Waals surface area contributed by atoms with E-state index >= 15 is 0 Å². The molecular formula is C26H29N5O5. The molecule has 0 radical (unpaired) electrons. The first-order valence-electron chi connectivity index (χ1n) is 11.7. The third kappa shape index (κ3) is 6.09. The number of aryl methyl sites for hydroxylation is 1. The maximum absolute atomic E-state index is 12.0. The van der Waals surface area contributed by atoms with Crippen molar-refractivity contribution in [3.8, 4) is 5.75 Å². The number of pyridine rings is 1. The fourth-order valence-corrected chi connectivity index (χ4v) is 4.00. The Kier molecular flexibility index (Phi) is 7.99. The maximum atomic E-state index is 12.0. The van der Waals surface area contributed by atoms with Gasteiger partial charge < -0.3 is 15.4 Å². The summed E-state index contributed by atoms with van der Waals surface area (Å²) in [4.78, 5) is 33.9. The van der Waals surface area contributed by atoms with Crippen LogP contribution >= 0.6 is 0 Å². The molecule has 1 aromatic heterocycles. The molecule has 5 N–H and O–H groups in total. The Bertz CT molecular complexity index is 1260. The van der Waals surface area contributed by atoms with Crippen LogP contribution in [0.3, 0.4) is 0 Å². The third-order valence-electron chi connectivity index (χ3n) is 5.71. The van der Waals surface area contributed by atoms with Crippen molar-refractivity contribution >= 4 is 28.5 Å². The molecule has 3 aromatic rings. The summed E-state index contributed by atoms with van der Waals surface area (Å²) in [7, 11) is 0. The fraction of sp³-hybridized carbons (Fsp3) is 0.269. The molecule has 1 aliphatic heterocycles. The van der Waals surface area contributed by atoms with E-state index in [1.54, 1.807) is 18.5 Å². The predicted octanol–water partition coefficient (Wildman–Crippen LogP) is 2.95. The monoisotopic (exact) mass is 491 g/mol. The molecule has 4 rings (SSSR count). The Balaban J connectivity index is 1.43. The van der Waals surface area contributed by atoms with Crippen LogP contribution in [-0.4, -0.2) is 40.8 Å². The summed E-state index contributed by atoms with van der Waals surface area (Å²) in [6.07, 6.45) is 0.988. The number of carbonyl (C=O) groups is 2. The number of hydroxylamine groups is 2. The Morgan fingerprint density at radius 2 is 1.97 bits per heavy atom. The van der Waals surface area contributed by atoms with E-state index in [0.717, 1.165) is 27.7 Å².